The summed E-state index contributed by atoms with van der Waals surface area (Å²) in [7, 11) is 0. The summed E-state index contributed by atoms with van der Waals surface area (Å²) in [6.07, 6.45) is -2.93. The average Bonchev–Trinajstić information content (AvgIpc) is 3.32. The summed E-state index contributed by atoms with van der Waals surface area (Å²) in [5.74, 6) is 0.587. The van der Waals surface area contributed by atoms with E-state index in [1.54, 1.807) is 24.4 Å². The third-order valence-electron chi connectivity index (χ3n) is 4.61. The average molecular weight is 526 g/mol. The predicted octanol–water partition coefficient (Wildman–Crippen LogP) is 5.15. The lowest BCUT2D eigenvalue weighted by Gasteiger charge is -2.15. The maximum atomic E-state index is 13.7. The van der Waals surface area contributed by atoms with Gasteiger partial charge in [0.15, 0.2) is 4.34 Å². The Morgan fingerprint density at radius 2 is 2.00 bits per heavy atom. The molecule has 1 aromatic heterocycles. The van der Waals surface area contributed by atoms with Crippen LogP contribution in [0.1, 0.15) is 28.5 Å². The van der Waals surface area contributed by atoms with Crippen molar-refractivity contribution in [2.24, 2.45) is 10.2 Å². The second kappa shape index (κ2) is 8.76. The molecule has 31 heavy (non-hydrogen) atoms. The van der Waals surface area contributed by atoms with Gasteiger partial charge < -0.3 is 5.11 Å². The van der Waals surface area contributed by atoms with Crippen LogP contribution in [0.15, 0.2) is 55.4 Å². The molecule has 2 heterocycles. The van der Waals surface area contributed by atoms with Crippen molar-refractivity contribution >= 4 is 50.8 Å². The molecular formula is C21H15BrF3N3OS2. The Kier molecular flexibility index (Phi) is 6.23. The normalized spacial score (nSPS) is 13.8. The zero-order valence-corrected chi connectivity index (χ0v) is 19.3. The Labute approximate surface area is 192 Å². The summed E-state index contributed by atoms with van der Waals surface area (Å²) >= 11 is 5.87. The van der Waals surface area contributed by atoms with Crippen LogP contribution in [0.2, 0.25) is 0 Å². The maximum Gasteiger partial charge on any atom is 0.416 e. The van der Waals surface area contributed by atoms with E-state index in [-0.39, 0.29) is 17.9 Å². The number of rotatable bonds is 5. The number of thiazole rings is 1. The number of fused-ring (bicyclic) bond motifs is 1. The molecule has 0 atom stereocenters. The third kappa shape index (κ3) is 4.70. The van der Waals surface area contributed by atoms with Gasteiger partial charge in [0.05, 0.1) is 22.0 Å². The van der Waals surface area contributed by atoms with Crippen LogP contribution < -0.4 is 10.6 Å². The first-order valence-electron chi connectivity index (χ1n) is 9.19. The summed E-state index contributed by atoms with van der Waals surface area (Å²) in [4.78, 5) is 4.65. The van der Waals surface area contributed by atoms with Crippen molar-refractivity contribution in [3.63, 3.8) is 0 Å². The van der Waals surface area contributed by atoms with E-state index < -0.39 is 11.7 Å². The highest BCUT2D eigenvalue weighted by Gasteiger charge is 2.34. The molecule has 0 saturated heterocycles. The van der Waals surface area contributed by atoms with Crippen molar-refractivity contribution in [2.75, 3.05) is 5.75 Å². The third-order valence-corrected chi connectivity index (χ3v) is 7.24. The predicted molar refractivity (Wildman–Crippen MR) is 120 cm³/mol. The van der Waals surface area contributed by atoms with E-state index in [0.717, 1.165) is 17.4 Å². The van der Waals surface area contributed by atoms with Crippen molar-refractivity contribution in [1.82, 2.24) is 4.98 Å². The van der Waals surface area contributed by atoms with Gasteiger partial charge >= 0.3 is 6.18 Å². The lowest BCUT2D eigenvalue weighted by molar-refractivity contribution is -0.138. The van der Waals surface area contributed by atoms with Gasteiger partial charge in [0.25, 0.3) is 0 Å². The zero-order valence-electron chi connectivity index (χ0n) is 16.1. The molecule has 0 saturated carbocycles. The van der Waals surface area contributed by atoms with Gasteiger partial charge in [0, 0.05) is 16.5 Å². The summed E-state index contributed by atoms with van der Waals surface area (Å²) in [6.45, 7) is 1.97. The molecule has 0 spiro atoms. The molecule has 0 unspecified atom stereocenters. The summed E-state index contributed by atoms with van der Waals surface area (Å²) < 4.78 is 42.2. The SMILES string of the molecule is CCSc1nc(O)c(C(Cc2ccc(Br)cc2C(F)(F)F)=c2ccc3c(c2)C=NN=3)s1. The Hall–Kier alpha value is -2.17. The lowest BCUT2D eigenvalue weighted by Crippen LogP contribution is -2.17. The first-order chi connectivity index (χ1) is 14.8. The number of nitrogens with zero attached hydrogens (tertiary/aromatic N) is 3. The van der Waals surface area contributed by atoms with Crippen LogP contribution in [0.5, 0.6) is 5.88 Å². The van der Waals surface area contributed by atoms with E-state index >= 15 is 0 Å². The molecule has 0 radical (unpaired) electrons. The molecular weight excluding hydrogens is 511 g/mol. The highest BCUT2D eigenvalue weighted by Crippen LogP contribution is 2.39. The molecule has 4 rings (SSSR count). The first-order valence-corrected chi connectivity index (χ1v) is 11.8. The molecule has 160 valence electrons. The molecule has 3 aromatic rings. The van der Waals surface area contributed by atoms with Crippen molar-refractivity contribution in [2.45, 2.75) is 23.9 Å². The van der Waals surface area contributed by atoms with Crippen LogP contribution >= 0.6 is 39.0 Å². The molecule has 0 amide bonds. The van der Waals surface area contributed by atoms with Crippen LogP contribution in [0, 0.1) is 0 Å². The van der Waals surface area contributed by atoms with Crippen LogP contribution in [0.4, 0.5) is 13.2 Å². The largest absolute Gasteiger partial charge is 0.492 e. The second-order valence-electron chi connectivity index (χ2n) is 6.64. The summed E-state index contributed by atoms with van der Waals surface area (Å²) in [5, 5.41) is 19.8. The Bertz CT molecular complexity index is 1300. The maximum absolute atomic E-state index is 13.7. The molecule has 1 aliphatic rings. The van der Waals surface area contributed by atoms with Gasteiger partial charge in [-0.05, 0) is 46.4 Å². The van der Waals surface area contributed by atoms with Crippen LogP contribution in [-0.2, 0) is 12.6 Å². The van der Waals surface area contributed by atoms with Crippen molar-refractivity contribution in [1.29, 1.82) is 0 Å². The molecule has 0 aliphatic carbocycles. The standard InChI is InChI=1S/C21H15BrF3N3OS2/c1-2-30-20-27-19(29)18(31-20)15(11-4-6-17-13(7-11)10-26-28-17)8-12-3-5-14(22)9-16(12)21(23,24)25/h3-7,9-10,29H,2,8H2,1H3. The van der Waals surface area contributed by atoms with E-state index in [1.807, 2.05) is 13.0 Å². The number of thioether (sulfide) groups is 1. The number of benzene rings is 2. The molecule has 10 heteroatoms. The highest BCUT2D eigenvalue weighted by atomic mass is 79.9. The topological polar surface area (TPSA) is 57.8 Å². The number of aromatic hydroxyl groups is 1. The highest BCUT2D eigenvalue weighted by molar-refractivity contribution is 9.10. The minimum absolute atomic E-state index is 0.0266. The van der Waals surface area contributed by atoms with Crippen molar-refractivity contribution in [3.8, 4) is 5.88 Å². The molecule has 4 nitrogen and oxygen atoms in total. The van der Waals surface area contributed by atoms with E-state index in [1.165, 1.54) is 29.2 Å². The zero-order chi connectivity index (χ0) is 22.2. The first kappa shape index (κ1) is 22.0. The Morgan fingerprint density at radius 3 is 2.74 bits per heavy atom. The van der Waals surface area contributed by atoms with E-state index in [4.69, 9.17) is 0 Å². The van der Waals surface area contributed by atoms with E-state index in [0.29, 0.717) is 29.8 Å². The fourth-order valence-corrected chi connectivity index (χ4v) is 5.59. The number of hydrogen-bond acceptors (Lipinski definition) is 6. The van der Waals surface area contributed by atoms with Crippen molar-refractivity contribution in [3.05, 3.63) is 73.0 Å². The fourth-order valence-electron chi connectivity index (χ4n) is 3.24. The van der Waals surface area contributed by atoms with Gasteiger partial charge in [-0.15, -0.1) is 11.3 Å². The van der Waals surface area contributed by atoms with E-state index in [2.05, 4.69) is 31.1 Å². The number of aromatic nitrogens is 1. The number of halogens is 4. The molecule has 0 bridgehead atoms. The molecule has 1 aliphatic heterocycles. The Balaban J connectivity index is 1.93. The van der Waals surface area contributed by atoms with Crippen molar-refractivity contribution < 1.29 is 18.3 Å². The van der Waals surface area contributed by atoms with Crippen LogP contribution in [-0.4, -0.2) is 22.1 Å². The molecule has 2 aromatic carbocycles. The van der Waals surface area contributed by atoms with Gasteiger partial charge in [-0.2, -0.15) is 28.4 Å². The monoisotopic (exact) mass is 525 g/mol. The minimum atomic E-state index is -4.51. The smallest absolute Gasteiger partial charge is 0.416 e. The fraction of sp³-hybridized carbons (Fsp3) is 0.190. The van der Waals surface area contributed by atoms with Gasteiger partial charge in [-0.3, -0.25) is 0 Å². The Morgan fingerprint density at radius 1 is 1.19 bits per heavy atom. The van der Waals surface area contributed by atoms with Crippen LogP contribution in [0.3, 0.4) is 0 Å². The van der Waals surface area contributed by atoms with E-state index in [9.17, 15) is 18.3 Å². The van der Waals surface area contributed by atoms with Gasteiger partial charge in [-0.1, -0.05) is 46.7 Å². The second-order valence-corrected chi connectivity index (χ2v) is 10.1. The summed E-state index contributed by atoms with van der Waals surface area (Å²) in [6, 6.07) is 9.49. The number of hydrogen-bond donors (Lipinski definition) is 1. The lowest BCUT2D eigenvalue weighted by atomic mass is 9.96. The summed E-state index contributed by atoms with van der Waals surface area (Å²) in [5.41, 5.74) is 0.731. The van der Waals surface area contributed by atoms with Gasteiger partial charge in [0.2, 0.25) is 5.88 Å². The van der Waals surface area contributed by atoms with Gasteiger partial charge in [-0.25, -0.2) is 0 Å². The number of alkyl halides is 3. The quantitative estimate of drug-likeness (QED) is 0.468. The van der Waals surface area contributed by atoms with Crippen LogP contribution in [0.25, 0.3) is 5.57 Å². The molecule has 0 fully saturated rings. The molecule has 1 N–H and O–H groups in total. The van der Waals surface area contributed by atoms with Gasteiger partial charge in [0.1, 0.15) is 0 Å². The minimum Gasteiger partial charge on any atom is -0.492 e.